The standard InChI is InChI=1S/C33H45N7O3.C32H41N7O2.C29H36N6O2.2CH4/c1-23-20-39(21-24(2)43-23)27-9-12-38(22-27)10-6-11-40(28-13-29(41-4)16-30(14-28)42-5)26-7-8-31-32(15-26)37-33(19-36-31)25(17-34)18-35-3;1-36-22-24(20-34-36)32-21-33-30-9-8-25(18-31(30)35-32)39(27-16-28(40-2)19-29(17-27)41-3)14-7-11-37-15-10-26(23-37)38-12-5-4-6-13-38;1-21-8-5-6-11-34(21)12-7-13-35(24-14-25(36-3)17-26(15-24)37-4)23-9-10-27-28(16-23)32-29(19-30-27)22-18-31-33(2)20-22;;/h7-8,13-19,23-24,27H,6,9-12,20-22,34H2,1-5H3;8-9,16-22,26H,4-7,10-15,23H2,1-3H3;9-10,14-21H,5-8,11-13H2,1-4H3;2*1H4/t23-,24-,27?;;;;/m1..../s1. The fourth-order valence-electron chi connectivity index (χ4n) is 17.7. The molecule has 5 atom stereocenters. The van der Waals surface area contributed by atoms with Crippen molar-refractivity contribution in [1.29, 1.82) is 0 Å². The Balaban J connectivity index is 0.000000168. The van der Waals surface area contributed by atoms with Crippen molar-refractivity contribution in [2.24, 2.45) is 24.8 Å². The third-order valence-corrected chi connectivity index (χ3v) is 24.0. The minimum atomic E-state index is 0. The molecule has 27 nitrogen and oxygen atoms in total. The van der Waals surface area contributed by atoms with Crippen LogP contribution in [0, 0.1) is 0 Å². The number of hydrogen-bond donors (Lipinski definition) is 1. The second-order valence-corrected chi connectivity index (χ2v) is 32.5. The van der Waals surface area contributed by atoms with Gasteiger partial charge in [0.2, 0.25) is 0 Å². The molecule has 5 saturated heterocycles. The number of piperidine rings is 2. The zero-order chi connectivity index (χ0) is 84.3. The van der Waals surface area contributed by atoms with E-state index < -0.39 is 0 Å². The number of likely N-dealkylation sites (tertiary alicyclic amines) is 4. The summed E-state index contributed by atoms with van der Waals surface area (Å²) < 4.78 is 43.2. The largest absolute Gasteiger partial charge is 0.497 e. The van der Waals surface area contributed by atoms with Crippen LogP contribution >= 0.6 is 0 Å². The second-order valence-electron chi connectivity index (χ2n) is 32.5. The van der Waals surface area contributed by atoms with E-state index in [1.165, 1.54) is 90.3 Å². The van der Waals surface area contributed by atoms with E-state index in [9.17, 15) is 0 Å². The molecule has 10 heterocycles. The molecule has 0 aliphatic carbocycles. The number of nitrogens with zero attached hydrogens (tertiary/aromatic N) is 19. The van der Waals surface area contributed by atoms with E-state index in [0.29, 0.717) is 30.0 Å². The van der Waals surface area contributed by atoms with Crippen LogP contribution in [0.3, 0.4) is 0 Å². The predicted molar refractivity (Wildman–Crippen MR) is 498 cm³/mol. The van der Waals surface area contributed by atoms with Gasteiger partial charge >= 0.3 is 0 Å². The Morgan fingerprint density at radius 1 is 0.447 bits per heavy atom. The number of rotatable bonds is 30. The van der Waals surface area contributed by atoms with Crippen LogP contribution in [0.15, 0.2) is 164 Å². The summed E-state index contributed by atoms with van der Waals surface area (Å²) >= 11 is 0. The lowest BCUT2D eigenvalue weighted by atomic mass is 10.0. The van der Waals surface area contributed by atoms with Crippen molar-refractivity contribution >= 4 is 79.0 Å². The molecule has 0 radical (unpaired) electrons. The first-order chi connectivity index (χ1) is 59.0. The highest BCUT2D eigenvalue weighted by atomic mass is 16.5. The highest BCUT2D eigenvalue weighted by Crippen LogP contribution is 2.40. The van der Waals surface area contributed by atoms with E-state index in [1.807, 2.05) is 81.6 Å². The van der Waals surface area contributed by atoms with Gasteiger partial charge in [0.15, 0.2) is 0 Å². The summed E-state index contributed by atoms with van der Waals surface area (Å²) in [6.07, 6.45) is 30.3. The Hall–Kier alpha value is -11.1. The molecular weight excluding hydrogens is 1550 g/mol. The van der Waals surface area contributed by atoms with Gasteiger partial charge in [-0.1, -0.05) is 27.7 Å². The third kappa shape index (κ3) is 23.4. The van der Waals surface area contributed by atoms with Crippen molar-refractivity contribution < 1.29 is 33.2 Å². The molecule has 656 valence electrons. The summed E-state index contributed by atoms with van der Waals surface area (Å²) in [7, 11) is 15.6. The second kappa shape index (κ2) is 43.8. The molecule has 6 aromatic carbocycles. The van der Waals surface area contributed by atoms with Crippen molar-refractivity contribution in [2.75, 3.05) is 163 Å². The van der Waals surface area contributed by atoms with E-state index >= 15 is 0 Å². The quantitative estimate of drug-likeness (QED) is 0.0411. The molecule has 0 spiro atoms. The first kappa shape index (κ1) is 91.1. The summed E-state index contributed by atoms with van der Waals surface area (Å²) in [5.74, 6) is 4.57. The Morgan fingerprint density at radius 3 is 1.25 bits per heavy atom. The van der Waals surface area contributed by atoms with Gasteiger partial charge in [0.1, 0.15) is 34.5 Å². The Morgan fingerprint density at radius 2 is 0.854 bits per heavy atom. The van der Waals surface area contributed by atoms with Crippen molar-refractivity contribution in [1.82, 2.24) is 74.0 Å². The smallest absolute Gasteiger partial charge is 0.124 e. The molecule has 27 heteroatoms. The number of benzene rings is 6. The molecule has 5 fully saturated rings. The predicted octanol–water partition coefficient (Wildman–Crippen LogP) is 16.2. The number of hydrogen-bond acceptors (Lipinski definition) is 25. The van der Waals surface area contributed by atoms with E-state index in [0.717, 1.165) is 221 Å². The molecule has 5 aromatic heterocycles. The van der Waals surface area contributed by atoms with E-state index in [1.54, 1.807) is 71.5 Å². The topological polar surface area (TPSA) is 242 Å². The van der Waals surface area contributed by atoms with Crippen LogP contribution in [0.5, 0.6) is 34.5 Å². The summed E-state index contributed by atoms with van der Waals surface area (Å²) in [5, 5.41) is 8.58. The molecule has 16 rings (SSSR count). The minimum absolute atomic E-state index is 0. The first-order valence-electron chi connectivity index (χ1n) is 43.0. The molecule has 5 aliphatic heterocycles. The highest BCUT2D eigenvalue weighted by molar-refractivity contribution is 6.09. The maximum atomic E-state index is 5.97. The SMILES string of the molecule is C.C.CN=CC(=CN)c1cnc2ccc(N(CCCN3CCC(N4C[C@@H](C)O[C@H](C)C4)C3)c3cc(OC)cc(OC)c3)cc2n1.COc1cc(OC)cc(N(CCCN2CCC(N3CCCCC3)C2)c2ccc3ncc(-c4cnn(C)c4)nc3c2)c1.COc1cc(OC)cc(N(CCCN2CCCCC2C)c2ccc3ncc(-c4cnn(C)c4)nc3c2)c1. The summed E-state index contributed by atoms with van der Waals surface area (Å²) in [4.78, 5) is 53.1. The van der Waals surface area contributed by atoms with Crippen molar-refractivity contribution in [3.63, 3.8) is 0 Å². The van der Waals surface area contributed by atoms with E-state index in [2.05, 4.69) is 169 Å². The highest BCUT2D eigenvalue weighted by Gasteiger charge is 2.34. The summed E-state index contributed by atoms with van der Waals surface area (Å²) in [6, 6.07) is 38.9. The molecule has 5 aliphatic rings. The van der Waals surface area contributed by atoms with Crippen LogP contribution in [0.4, 0.5) is 34.1 Å². The molecule has 11 aromatic rings. The molecule has 0 amide bonds. The maximum absolute atomic E-state index is 5.97. The fraction of sp³-hybridized carbons (Fsp3) is 0.469. The van der Waals surface area contributed by atoms with Crippen LogP contribution in [-0.4, -0.2) is 258 Å². The van der Waals surface area contributed by atoms with Gasteiger partial charge in [0.05, 0.1) is 136 Å². The molecular formula is C96H130N20O7. The average molecular weight is 1680 g/mol. The van der Waals surface area contributed by atoms with Crippen molar-refractivity contribution in [3.8, 4) is 57.0 Å². The molecule has 123 heavy (non-hydrogen) atoms. The van der Waals surface area contributed by atoms with Gasteiger partial charge in [-0.05, 0) is 179 Å². The number of aromatic nitrogens is 10. The van der Waals surface area contributed by atoms with E-state index in [-0.39, 0.29) is 14.9 Å². The lowest BCUT2D eigenvalue weighted by Crippen LogP contribution is -2.50. The normalized spacial score (nSPS) is 18.6. The number of allylic oxidation sites excluding steroid dienone is 1. The number of anilines is 6. The summed E-state index contributed by atoms with van der Waals surface area (Å²) in [6.45, 7) is 22.9. The fourth-order valence-corrected chi connectivity index (χ4v) is 17.7. The number of fused-ring (bicyclic) bond motifs is 3. The number of nitrogens with two attached hydrogens (primary N) is 1. The van der Waals surface area contributed by atoms with Gasteiger partial charge in [-0.3, -0.25) is 39.1 Å². The van der Waals surface area contributed by atoms with Gasteiger partial charge in [0, 0.05) is 222 Å². The van der Waals surface area contributed by atoms with Gasteiger partial charge in [-0.2, -0.15) is 10.2 Å². The lowest BCUT2D eigenvalue weighted by molar-refractivity contribution is -0.0790. The zero-order valence-electron chi connectivity index (χ0n) is 72.8. The number of methoxy groups -OCH3 is 6. The molecule has 0 bridgehead atoms. The van der Waals surface area contributed by atoms with Crippen LogP contribution < -0.4 is 48.9 Å². The van der Waals surface area contributed by atoms with Gasteiger partial charge < -0.3 is 68.3 Å². The van der Waals surface area contributed by atoms with Gasteiger partial charge in [-0.25, -0.2) is 15.0 Å². The number of aliphatic imine (C=N–C) groups is 1. The van der Waals surface area contributed by atoms with Crippen LogP contribution in [0.25, 0.3) is 61.2 Å². The number of aryl methyl sites for hydroxylation is 2. The molecule has 0 saturated carbocycles. The van der Waals surface area contributed by atoms with Crippen molar-refractivity contribution in [3.05, 3.63) is 164 Å². The third-order valence-electron chi connectivity index (χ3n) is 24.0. The first-order valence-corrected chi connectivity index (χ1v) is 43.0. The van der Waals surface area contributed by atoms with Crippen molar-refractivity contribution in [2.45, 2.75) is 137 Å². The Labute approximate surface area is 727 Å². The van der Waals surface area contributed by atoms with Crippen LogP contribution in [-0.2, 0) is 18.8 Å². The average Bonchev–Trinajstić information content (AvgIpc) is 1.35. The summed E-state index contributed by atoms with van der Waals surface area (Å²) in [5.41, 5.74) is 22.0. The number of ether oxygens (including phenoxy) is 7. The molecule has 2 N–H and O–H groups in total. The zero-order valence-corrected chi connectivity index (χ0v) is 72.8. The van der Waals surface area contributed by atoms with Gasteiger partial charge in [-0.15, -0.1) is 0 Å². The van der Waals surface area contributed by atoms with E-state index in [4.69, 9.17) is 53.8 Å². The Bertz CT molecular complexity index is 5210. The van der Waals surface area contributed by atoms with Crippen LogP contribution in [0.2, 0.25) is 0 Å². The number of morpholine rings is 1. The Kier molecular flexibility index (Phi) is 32.5. The monoisotopic (exact) mass is 1680 g/mol. The maximum Gasteiger partial charge on any atom is 0.124 e. The minimum Gasteiger partial charge on any atom is -0.497 e. The van der Waals surface area contributed by atoms with Gasteiger partial charge in [0.25, 0.3) is 0 Å². The van der Waals surface area contributed by atoms with Crippen LogP contribution in [0.1, 0.15) is 112 Å². The molecule has 3 unspecified atom stereocenters. The lowest BCUT2D eigenvalue weighted by Gasteiger charge is -2.39.